The number of hydrogen-bond acceptors (Lipinski definition) is 5. The van der Waals surface area contributed by atoms with E-state index in [1.54, 1.807) is 7.05 Å². The van der Waals surface area contributed by atoms with Gasteiger partial charge in [0.2, 0.25) is 5.95 Å². The van der Waals surface area contributed by atoms with E-state index in [0.29, 0.717) is 12.0 Å². The normalized spacial score (nSPS) is 9.00. The largest absolute Gasteiger partial charge is 0.467 e. The van der Waals surface area contributed by atoms with E-state index >= 15 is 0 Å². The first-order valence-corrected chi connectivity index (χ1v) is 2.77. The minimum absolute atomic E-state index is 0.319. The first kappa shape index (κ1) is 6.73. The summed E-state index contributed by atoms with van der Waals surface area (Å²) in [5.41, 5.74) is 0. The van der Waals surface area contributed by atoms with Crippen molar-refractivity contribution in [3.63, 3.8) is 0 Å². The minimum Gasteiger partial charge on any atom is -0.467 e. The molecule has 0 aliphatic rings. The van der Waals surface area contributed by atoms with Crippen molar-refractivity contribution in [1.29, 1.82) is 0 Å². The van der Waals surface area contributed by atoms with Crippen molar-refractivity contribution < 1.29 is 4.74 Å². The Labute approximate surface area is 58.5 Å². The standard InChI is InChI=1S/C5H8N4O/c1-6-4-7-3-8-5(9-4)10-2/h3H,1-2H3,(H,6,7,8,9). The molecule has 1 aromatic heterocycles. The second kappa shape index (κ2) is 2.95. The summed E-state index contributed by atoms with van der Waals surface area (Å²) in [4.78, 5) is 11.4. The predicted molar refractivity (Wildman–Crippen MR) is 35.9 cm³/mol. The van der Waals surface area contributed by atoms with Gasteiger partial charge < -0.3 is 10.1 Å². The van der Waals surface area contributed by atoms with E-state index in [2.05, 4.69) is 20.3 Å². The fraction of sp³-hybridized carbons (Fsp3) is 0.400. The molecule has 0 amide bonds. The third kappa shape index (κ3) is 1.31. The maximum absolute atomic E-state index is 4.75. The van der Waals surface area contributed by atoms with Crippen LogP contribution in [0.25, 0.3) is 0 Å². The van der Waals surface area contributed by atoms with Gasteiger partial charge in [-0.2, -0.15) is 9.97 Å². The number of methoxy groups -OCH3 is 1. The zero-order valence-electron chi connectivity index (χ0n) is 5.83. The molecule has 0 atom stereocenters. The Kier molecular flexibility index (Phi) is 1.99. The van der Waals surface area contributed by atoms with E-state index in [9.17, 15) is 0 Å². The van der Waals surface area contributed by atoms with Crippen LogP contribution < -0.4 is 10.1 Å². The summed E-state index contributed by atoms with van der Waals surface area (Å²) in [6.07, 6.45) is 1.39. The van der Waals surface area contributed by atoms with Crippen molar-refractivity contribution in [3.8, 4) is 6.01 Å². The fourth-order valence-electron chi connectivity index (χ4n) is 0.500. The van der Waals surface area contributed by atoms with Gasteiger partial charge in [-0.05, 0) is 0 Å². The van der Waals surface area contributed by atoms with Crippen molar-refractivity contribution in [2.75, 3.05) is 19.5 Å². The van der Waals surface area contributed by atoms with Crippen LogP contribution in [0.5, 0.6) is 6.01 Å². The van der Waals surface area contributed by atoms with Gasteiger partial charge in [-0.3, -0.25) is 0 Å². The van der Waals surface area contributed by atoms with E-state index < -0.39 is 0 Å². The molecule has 5 nitrogen and oxygen atoms in total. The molecule has 10 heavy (non-hydrogen) atoms. The Morgan fingerprint density at radius 2 is 2.30 bits per heavy atom. The number of ether oxygens (including phenoxy) is 1. The quantitative estimate of drug-likeness (QED) is 0.622. The zero-order chi connectivity index (χ0) is 7.40. The minimum atomic E-state index is 0.319. The predicted octanol–water partition coefficient (Wildman–Crippen LogP) is -0.0781. The second-order valence-electron chi connectivity index (χ2n) is 1.55. The molecule has 0 saturated heterocycles. The molecule has 0 saturated carbocycles. The molecular weight excluding hydrogens is 132 g/mol. The van der Waals surface area contributed by atoms with Crippen LogP contribution in [-0.2, 0) is 0 Å². The van der Waals surface area contributed by atoms with Gasteiger partial charge >= 0.3 is 6.01 Å². The molecular formula is C5H8N4O. The molecule has 0 unspecified atom stereocenters. The van der Waals surface area contributed by atoms with Crippen LogP contribution in [0.4, 0.5) is 5.95 Å². The van der Waals surface area contributed by atoms with Gasteiger partial charge in [0.15, 0.2) is 0 Å². The average molecular weight is 140 g/mol. The van der Waals surface area contributed by atoms with Gasteiger partial charge in [0, 0.05) is 7.05 Å². The molecule has 1 aromatic rings. The molecule has 1 N–H and O–H groups in total. The number of rotatable bonds is 2. The highest BCUT2D eigenvalue weighted by Crippen LogP contribution is 2.00. The Bertz CT molecular complexity index is 195. The Hall–Kier alpha value is -1.39. The van der Waals surface area contributed by atoms with Gasteiger partial charge in [-0.15, -0.1) is 0 Å². The lowest BCUT2D eigenvalue weighted by molar-refractivity contribution is 0.379. The van der Waals surface area contributed by atoms with Crippen molar-refractivity contribution in [3.05, 3.63) is 6.33 Å². The van der Waals surface area contributed by atoms with Crippen LogP contribution in [0, 0.1) is 0 Å². The smallest absolute Gasteiger partial charge is 0.320 e. The molecule has 0 spiro atoms. The molecule has 0 aromatic carbocycles. The summed E-state index contributed by atoms with van der Waals surface area (Å²) in [7, 11) is 3.24. The van der Waals surface area contributed by atoms with Crippen LogP contribution in [0.2, 0.25) is 0 Å². The van der Waals surface area contributed by atoms with Crippen LogP contribution in [0.3, 0.4) is 0 Å². The Morgan fingerprint density at radius 1 is 1.50 bits per heavy atom. The third-order valence-corrected chi connectivity index (χ3v) is 0.956. The van der Waals surface area contributed by atoms with Gasteiger partial charge in [-0.25, -0.2) is 4.98 Å². The summed E-state index contributed by atoms with van der Waals surface area (Å²) in [6, 6.07) is 0.319. The highest BCUT2D eigenvalue weighted by atomic mass is 16.5. The topological polar surface area (TPSA) is 59.9 Å². The lowest BCUT2D eigenvalue weighted by Gasteiger charge is -1.98. The molecule has 0 aliphatic carbocycles. The fourth-order valence-corrected chi connectivity index (χ4v) is 0.500. The molecule has 54 valence electrons. The van der Waals surface area contributed by atoms with Crippen molar-refractivity contribution in [1.82, 2.24) is 15.0 Å². The van der Waals surface area contributed by atoms with Crippen LogP contribution in [0.15, 0.2) is 6.33 Å². The lowest BCUT2D eigenvalue weighted by atomic mass is 10.9. The highest BCUT2D eigenvalue weighted by molar-refractivity contribution is 5.21. The third-order valence-electron chi connectivity index (χ3n) is 0.956. The highest BCUT2D eigenvalue weighted by Gasteiger charge is 1.94. The van der Waals surface area contributed by atoms with Crippen molar-refractivity contribution in [2.24, 2.45) is 0 Å². The maximum atomic E-state index is 4.75. The van der Waals surface area contributed by atoms with Gasteiger partial charge in [0.25, 0.3) is 0 Å². The molecule has 0 bridgehead atoms. The van der Waals surface area contributed by atoms with Gasteiger partial charge in [0.1, 0.15) is 6.33 Å². The number of anilines is 1. The maximum Gasteiger partial charge on any atom is 0.320 e. The molecule has 0 radical (unpaired) electrons. The second-order valence-corrected chi connectivity index (χ2v) is 1.55. The summed E-state index contributed by atoms with van der Waals surface area (Å²) >= 11 is 0. The number of aromatic nitrogens is 3. The monoisotopic (exact) mass is 140 g/mol. The van der Waals surface area contributed by atoms with E-state index in [1.165, 1.54) is 13.4 Å². The summed E-state index contributed by atoms with van der Waals surface area (Å²) in [5, 5.41) is 2.76. The Morgan fingerprint density at radius 3 is 2.90 bits per heavy atom. The molecule has 1 heterocycles. The first-order chi connectivity index (χ1) is 4.86. The number of nitrogens with zero attached hydrogens (tertiary/aromatic N) is 3. The van der Waals surface area contributed by atoms with Gasteiger partial charge in [-0.1, -0.05) is 0 Å². The van der Waals surface area contributed by atoms with Crippen LogP contribution in [-0.4, -0.2) is 29.1 Å². The first-order valence-electron chi connectivity index (χ1n) is 2.77. The molecule has 1 rings (SSSR count). The molecule has 0 aliphatic heterocycles. The molecule has 5 heteroatoms. The van der Waals surface area contributed by atoms with E-state index in [0.717, 1.165) is 0 Å². The number of hydrogen-bond donors (Lipinski definition) is 1. The Balaban J connectivity index is 2.87. The zero-order valence-corrected chi connectivity index (χ0v) is 5.83. The molecule has 0 fully saturated rings. The number of nitrogens with one attached hydrogen (secondary N) is 1. The van der Waals surface area contributed by atoms with Crippen LogP contribution >= 0.6 is 0 Å². The van der Waals surface area contributed by atoms with E-state index in [4.69, 9.17) is 4.74 Å². The van der Waals surface area contributed by atoms with Gasteiger partial charge in [0.05, 0.1) is 7.11 Å². The van der Waals surface area contributed by atoms with Crippen molar-refractivity contribution in [2.45, 2.75) is 0 Å². The van der Waals surface area contributed by atoms with E-state index in [-0.39, 0.29) is 0 Å². The van der Waals surface area contributed by atoms with Crippen molar-refractivity contribution >= 4 is 5.95 Å². The summed E-state index contributed by atoms with van der Waals surface area (Å²) < 4.78 is 4.75. The average Bonchev–Trinajstić information content (AvgIpc) is 2.05. The van der Waals surface area contributed by atoms with E-state index in [1.807, 2.05) is 0 Å². The lowest BCUT2D eigenvalue weighted by Crippen LogP contribution is -1.99. The summed E-state index contributed by atoms with van der Waals surface area (Å²) in [5.74, 6) is 0.506. The van der Waals surface area contributed by atoms with Crippen LogP contribution in [0.1, 0.15) is 0 Å². The SMILES string of the molecule is CNc1ncnc(OC)n1. The summed E-state index contributed by atoms with van der Waals surface area (Å²) in [6.45, 7) is 0.